The van der Waals surface area contributed by atoms with E-state index in [9.17, 15) is 14.4 Å². The zero-order chi connectivity index (χ0) is 18.5. The Morgan fingerprint density at radius 2 is 1.73 bits per heavy atom. The average molecular weight is 358 g/mol. The topological polar surface area (TPSA) is 91.3 Å². The molecular formula is C18H22N4O4. The number of aryl methyl sites for hydroxylation is 1. The lowest BCUT2D eigenvalue weighted by Gasteiger charge is -2.35. The van der Waals surface area contributed by atoms with Crippen molar-refractivity contribution in [2.24, 2.45) is 5.10 Å². The van der Waals surface area contributed by atoms with E-state index in [4.69, 9.17) is 4.74 Å². The average Bonchev–Trinajstić information content (AvgIpc) is 2.67. The fraction of sp³-hybridized carbons (Fsp3) is 0.444. The fourth-order valence-corrected chi connectivity index (χ4v) is 2.84. The van der Waals surface area contributed by atoms with Gasteiger partial charge in [-0.25, -0.2) is 5.43 Å². The number of hydrazone groups is 1. The van der Waals surface area contributed by atoms with Gasteiger partial charge in [-0.3, -0.25) is 14.4 Å². The molecule has 1 aromatic rings. The lowest BCUT2D eigenvalue weighted by molar-refractivity contribution is -0.138. The van der Waals surface area contributed by atoms with Gasteiger partial charge in [-0.1, -0.05) is 17.7 Å². The number of benzene rings is 1. The number of piperazine rings is 1. The molecule has 0 atom stereocenters. The molecule has 1 N–H and O–H groups in total. The molecule has 138 valence electrons. The highest BCUT2D eigenvalue weighted by molar-refractivity contribution is 6.39. The highest BCUT2D eigenvalue weighted by atomic mass is 16.5. The first-order chi connectivity index (χ1) is 12.5. The van der Waals surface area contributed by atoms with Crippen LogP contribution in [0.5, 0.6) is 5.75 Å². The van der Waals surface area contributed by atoms with Crippen molar-refractivity contribution in [3.05, 3.63) is 29.8 Å². The highest BCUT2D eigenvalue weighted by Gasteiger charge is 2.28. The molecule has 1 aromatic carbocycles. The van der Waals surface area contributed by atoms with Gasteiger partial charge in [0.2, 0.25) is 5.91 Å². The van der Waals surface area contributed by atoms with Crippen molar-refractivity contribution < 1.29 is 19.1 Å². The molecule has 0 aliphatic carbocycles. The third-order valence-electron chi connectivity index (χ3n) is 4.45. The van der Waals surface area contributed by atoms with E-state index in [-0.39, 0.29) is 30.7 Å². The van der Waals surface area contributed by atoms with Crippen LogP contribution < -0.4 is 10.2 Å². The molecule has 26 heavy (non-hydrogen) atoms. The summed E-state index contributed by atoms with van der Waals surface area (Å²) in [4.78, 5) is 39.1. The predicted octanol–water partition coefficient (Wildman–Crippen LogP) is 0.311. The fourth-order valence-electron chi connectivity index (χ4n) is 2.84. The van der Waals surface area contributed by atoms with E-state index in [1.165, 1.54) is 0 Å². The Bertz CT molecular complexity index is 721. The minimum absolute atomic E-state index is 0.0181. The minimum atomic E-state index is -0.175. The second-order valence-electron chi connectivity index (χ2n) is 6.37. The van der Waals surface area contributed by atoms with E-state index in [1.807, 2.05) is 31.2 Å². The summed E-state index contributed by atoms with van der Waals surface area (Å²) in [5.41, 5.74) is 3.83. The van der Waals surface area contributed by atoms with Crippen molar-refractivity contribution in [2.45, 2.75) is 19.8 Å². The molecule has 2 aliphatic heterocycles. The van der Waals surface area contributed by atoms with Gasteiger partial charge in [0, 0.05) is 39.0 Å². The monoisotopic (exact) mass is 358 g/mol. The zero-order valence-corrected chi connectivity index (χ0v) is 14.7. The SMILES string of the molecule is Cc1ccc(OCC(=O)N2CCN(C(=O)C3=NNC(=O)CC3)CC2)cc1. The van der Waals surface area contributed by atoms with Crippen LogP contribution in [0.25, 0.3) is 0 Å². The third kappa shape index (κ3) is 4.38. The zero-order valence-electron chi connectivity index (χ0n) is 14.7. The number of rotatable bonds is 4. The van der Waals surface area contributed by atoms with Crippen LogP contribution in [0.4, 0.5) is 0 Å². The van der Waals surface area contributed by atoms with Gasteiger partial charge in [0.25, 0.3) is 11.8 Å². The summed E-state index contributed by atoms with van der Waals surface area (Å²) >= 11 is 0. The second-order valence-corrected chi connectivity index (χ2v) is 6.37. The van der Waals surface area contributed by atoms with Gasteiger partial charge >= 0.3 is 0 Å². The number of amides is 3. The summed E-state index contributed by atoms with van der Waals surface area (Å²) < 4.78 is 5.52. The first kappa shape index (κ1) is 17.9. The molecule has 2 heterocycles. The van der Waals surface area contributed by atoms with Gasteiger partial charge in [0.05, 0.1) is 0 Å². The molecule has 0 radical (unpaired) electrons. The summed E-state index contributed by atoms with van der Waals surface area (Å²) in [6.45, 7) is 3.78. The van der Waals surface area contributed by atoms with Crippen LogP contribution in [0.1, 0.15) is 18.4 Å². The maximum atomic E-state index is 12.4. The first-order valence-electron chi connectivity index (χ1n) is 8.65. The van der Waals surface area contributed by atoms with Crippen LogP contribution in [-0.4, -0.2) is 66.0 Å². The van der Waals surface area contributed by atoms with Crippen molar-refractivity contribution in [1.82, 2.24) is 15.2 Å². The number of ether oxygens (including phenoxy) is 1. The van der Waals surface area contributed by atoms with Crippen molar-refractivity contribution in [1.29, 1.82) is 0 Å². The molecular weight excluding hydrogens is 336 g/mol. The van der Waals surface area contributed by atoms with Gasteiger partial charge < -0.3 is 14.5 Å². The Hall–Kier alpha value is -2.90. The minimum Gasteiger partial charge on any atom is -0.484 e. The normalized spacial score (nSPS) is 17.4. The predicted molar refractivity (Wildman–Crippen MR) is 94.6 cm³/mol. The number of carbonyl (C=O) groups is 3. The van der Waals surface area contributed by atoms with Gasteiger partial charge in [-0.05, 0) is 19.1 Å². The Labute approximate surface area is 151 Å². The quantitative estimate of drug-likeness (QED) is 0.839. The number of nitrogens with one attached hydrogen (secondary N) is 1. The standard InChI is InChI=1S/C18H22N4O4/c1-13-2-4-14(5-3-13)26-12-17(24)21-8-10-22(11-9-21)18(25)15-6-7-16(23)20-19-15/h2-5H,6-12H2,1H3,(H,20,23). The Balaban J connectivity index is 1.45. The molecule has 0 saturated carbocycles. The van der Waals surface area contributed by atoms with Gasteiger partial charge in [-0.15, -0.1) is 0 Å². The van der Waals surface area contributed by atoms with E-state index in [2.05, 4.69) is 10.5 Å². The van der Waals surface area contributed by atoms with Crippen molar-refractivity contribution in [2.75, 3.05) is 32.8 Å². The van der Waals surface area contributed by atoms with Crippen LogP contribution in [0.3, 0.4) is 0 Å². The summed E-state index contributed by atoms with van der Waals surface area (Å²) in [7, 11) is 0. The lowest BCUT2D eigenvalue weighted by Crippen LogP contribution is -2.53. The molecule has 0 spiro atoms. The number of carbonyl (C=O) groups excluding carboxylic acids is 3. The maximum absolute atomic E-state index is 12.4. The van der Waals surface area contributed by atoms with Crippen LogP contribution in [0.2, 0.25) is 0 Å². The Kier molecular flexibility index (Phi) is 5.50. The van der Waals surface area contributed by atoms with Crippen molar-refractivity contribution in [3.63, 3.8) is 0 Å². The van der Waals surface area contributed by atoms with Crippen LogP contribution in [-0.2, 0) is 14.4 Å². The highest BCUT2D eigenvalue weighted by Crippen LogP contribution is 2.12. The molecule has 3 rings (SSSR count). The van der Waals surface area contributed by atoms with E-state index in [0.29, 0.717) is 44.1 Å². The van der Waals surface area contributed by atoms with Crippen LogP contribution >= 0.6 is 0 Å². The Morgan fingerprint density at radius 1 is 1.08 bits per heavy atom. The molecule has 0 bridgehead atoms. The van der Waals surface area contributed by atoms with E-state index >= 15 is 0 Å². The van der Waals surface area contributed by atoms with Gasteiger partial charge in [0.15, 0.2) is 6.61 Å². The molecule has 1 saturated heterocycles. The number of nitrogens with zero attached hydrogens (tertiary/aromatic N) is 3. The molecule has 0 aromatic heterocycles. The molecule has 2 aliphatic rings. The molecule has 3 amide bonds. The van der Waals surface area contributed by atoms with E-state index in [0.717, 1.165) is 5.56 Å². The molecule has 8 heteroatoms. The molecule has 1 fully saturated rings. The summed E-state index contributed by atoms with van der Waals surface area (Å²) in [6, 6.07) is 7.53. The smallest absolute Gasteiger partial charge is 0.270 e. The third-order valence-corrected chi connectivity index (χ3v) is 4.45. The molecule has 8 nitrogen and oxygen atoms in total. The van der Waals surface area contributed by atoms with E-state index in [1.54, 1.807) is 9.80 Å². The second kappa shape index (κ2) is 7.99. The summed E-state index contributed by atoms with van der Waals surface area (Å²) in [6.07, 6.45) is 0.633. The molecule has 0 unspecified atom stereocenters. The van der Waals surface area contributed by atoms with Crippen molar-refractivity contribution >= 4 is 23.4 Å². The number of hydrogen-bond donors (Lipinski definition) is 1. The van der Waals surface area contributed by atoms with Gasteiger partial charge in [0.1, 0.15) is 11.5 Å². The summed E-state index contributed by atoms with van der Waals surface area (Å²) in [5, 5.41) is 3.83. The lowest BCUT2D eigenvalue weighted by atomic mass is 10.1. The maximum Gasteiger partial charge on any atom is 0.270 e. The Morgan fingerprint density at radius 3 is 2.35 bits per heavy atom. The van der Waals surface area contributed by atoms with Gasteiger partial charge in [-0.2, -0.15) is 5.10 Å². The first-order valence-corrected chi connectivity index (χ1v) is 8.65. The van der Waals surface area contributed by atoms with Crippen LogP contribution in [0.15, 0.2) is 29.4 Å². The van der Waals surface area contributed by atoms with Crippen LogP contribution in [0, 0.1) is 6.92 Å². The summed E-state index contributed by atoms with van der Waals surface area (Å²) in [5.74, 6) is 0.216. The largest absolute Gasteiger partial charge is 0.484 e. The van der Waals surface area contributed by atoms with Crippen molar-refractivity contribution in [3.8, 4) is 5.75 Å². The number of hydrogen-bond acceptors (Lipinski definition) is 5. The van der Waals surface area contributed by atoms with E-state index < -0.39 is 0 Å².